The molecule has 0 saturated carbocycles. The third kappa shape index (κ3) is 3.29. The molecule has 1 aromatic carbocycles. The van der Waals surface area contributed by atoms with Crippen LogP contribution in [0, 0.1) is 5.82 Å². The third-order valence-corrected chi connectivity index (χ3v) is 2.67. The highest BCUT2D eigenvalue weighted by Crippen LogP contribution is 2.17. The van der Waals surface area contributed by atoms with E-state index in [0.29, 0.717) is 12.2 Å². The predicted molar refractivity (Wildman–Crippen MR) is 64.5 cm³/mol. The summed E-state index contributed by atoms with van der Waals surface area (Å²) in [6.45, 7) is 1.67. The van der Waals surface area contributed by atoms with E-state index < -0.39 is 5.90 Å². The molecule has 0 radical (unpaired) electrons. The van der Waals surface area contributed by atoms with Crippen molar-refractivity contribution in [1.29, 1.82) is 0 Å². The summed E-state index contributed by atoms with van der Waals surface area (Å²) in [6.07, 6.45) is 0. The third-order valence-electron chi connectivity index (χ3n) is 2.42. The number of rotatable bonds is 4. The van der Waals surface area contributed by atoms with E-state index in [1.54, 1.807) is 12.1 Å². The lowest BCUT2D eigenvalue weighted by Gasteiger charge is -1.98. The summed E-state index contributed by atoms with van der Waals surface area (Å²) in [5, 5.41) is 14.7. The first-order chi connectivity index (χ1) is 9.10. The van der Waals surface area contributed by atoms with E-state index in [4.69, 9.17) is 16.1 Å². The van der Waals surface area contributed by atoms with Gasteiger partial charge in [-0.3, -0.25) is 4.52 Å². The number of aliphatic imine (C=N–C) groups is 1. The SMILES string of the molecule is C/C([O-])=N/c1on[n+](Cc2ccc(F)cc2)c1CCl. The van der Waals surface area contributed by atoms with Crippen LogP contribution in [0.25, 0.3) is 0 Å². The van der Waals surface area contributed by atoms with Gasteiger partial charge in [0.1, 0.15) is 11.7 Å². The van der Waals surface area contributed by atoms with Crippen molar-refractivity contribution in [3.63, 3.8) is 0 Å². The van der Waals surface area contributed by atoms with E-state index in [2.05, 4.69) is 10.3 Å². The molecule has 7 heteroatoms. The van der Waals surface area contributed by atoms with Gasteiger partial charge in [0.15, 0.2) is 0 Å². The molecule has 2 rings (SSSR count). The maximum absolute atomic E-state index is 12.8. The Bertz CT molecular complexity index is 592. The van der Waals surface area contributed by atoms with Crippen molar-refractivity contribution >= 4 is 23.4 Å². The van der Waals surface area contributed by atoms with Gasteiger partial charge in [-0.25, -0.2) is 9.38 Å². The number of halogens is 2. The van der Waals surface area contributed by atoms with Crippen molar-refractivity contribution in [2.24, 2.45) is 4.99 Å². The van der Waals surface area contributed by atoms with E-state index in [9.17, 15) is 9.50 Å². The van der Waals surface area contributed by atoms with Gasteiger partial charge in [0.2, 0.25) is 11.8 Å². The van der Waals surface area contributed by atoms with Crippen LogP contribution in [0.15, 0.2) is 33.8 Å². The quantitative estimate of drug-likeness (QED) is 0.368. The summed E-state index contributed by atoms with van der Waals surface area (Å²) >= 11 is 5.80. The monoisotopic (exact) mass is 283 g/mol. The molecule has 1 heterocycles. The summed E-state index contributed by atoms with van der Waals surface area (Å²) in [7, 11) is 0. The van der Waals surface area contributed by atoms with E-state index in [-0.39, 0.29) is 17.6 Å². The Balaban J connectivity index is 2.28. The summed E-state index contributed by atoms with van der Waals surface area (Å²) in [6, 6.07) is 5.99. The molecule has 5 nitrogen and oxygen atoms in total. The van der Waals surface area contributed by atoms with Gasteiger partial charge in [-0.2, -0.15) is 0 Å². The van der Waals surface area contributed by atoms with Crippen LogP contribution < -0.4 is 9.79 Å². The lowest BCUT2D eigenvalue weighted by molar-refractivity contribution is -0.760. The van der Waals surface area contributed by atoms with Gasteiger partial charge in [-0.15, -0.1) is 11.6 Å². The van der Waals surface area contributed by atoms with Gasteiger partial charge in [0.25, 0.3) is 5.69 Å². The normalized spacial score (nSPS) is 11.8. The highest BCUT2D eigenvalue weighted by atomic mass is 35.5. The van der Waals surface area contributed by atoms with Crippen LogP contribution in [0.3, 0.4) is 0 Å². The Morgan fingerprint density at radius 3 is 2.74 bits per heavy atom. The molecular weight excluding hydrogens is 273 g/mol. The molecule has 0 atom stereocenters. The first-order valence-electron chi connectivity index (χ1n) is 5.51. The minimum Gasteiger partial charge on any atom is -0.862 e. The van der Waals surface area contributed by atoms with Crippen LogP contribution in [0.4, 0.5) is 10.3 Å². The minimum absolute atomic E-state index is 0.101. The number of nitrogens with zero attached hydrogens (tertiary/aromatic N) is 3. The van der Waals surface area contributed by atoms with Crippen molar-refractivity contribution in [3.8, 4) is 0 Å². The number of hydrogen-bond acceptors (Lipinski definition) is 4. The Labute approximate surface area is 113 Å². The van der Waals surface area contributed by atoms with Gasteiger partial charge >= 0.3 is 5.88 Å². The Morgan fingerprint density at radius 2 is 2.16 bits per heavy atom. The van der Waals surface area contributed by atoms with Crippen LogP contribution >= 0.6 is 11.6 Å². The van der Waals surface area contributed by atoms with Crippen LogP contribution in [0.1, 0.15) is 18.2 Å². The summed E-state index contributed by atoms with van der Waals surface area (Å²) in [5.41, 5.74) is 1.33. The van der Waals surface area contributed by atoms with E-state index in [1.165, 1.54) is 23.7 Å². The molecule has 19 heavy (non-hydrogen) atoms. The van der Waals surface area contributed by atoms with Crippen molar-refractivity contribution < 1.29 is 18.7 Å². The van der Waals surface area contributed by atoms with Gasteiger partial charge < -0.3 is 5.11 Å². The molecule has 0 unspecified atom stereocenters. The molecule has 2 aromatic rings. The summed E-state index contributed by atoms with van der Waals surface area (Å²) in [5.74, 6) is -0.489. The second-order valence-corrected chi connectivity index (χ2v) is 4.14. The highest BCUT2D eigenvalue weighted by Gasteiger charge is 2.23. The fourth-order valence-corrected chi connectivity index (χ4v) is 1.79. The Morgan fingerprint density at radius 1 is 1.47 bits per heavy atom. The smallest absolute Gasteiger partial charge is 0.325 e. The van der Waals surface area contributed by atoms with Crippen molar-refractivity contribution in [2.45, 2.75) is 19.3 Å². The van der Waals surface area contributed by atoms with Crippen LogP contribution in [0.5, 0.6) is 0 Å². The molecule has 0 fully saturated rings. The Kier molecular flexibility index (Phi) is 4.11. The largest absolute Gasteiger partial charge is 0.862 e. The fourth-order valence-electron chi connectivity index (χ4n) is 1.54. The molecule has 0 spiro atoms. The molecule has 1 aromatic heterocycles. The number of alkyl halides is 1. The predicted octanol–water partition coefficient (Wildman–Crippen LogP) is 1.30. The summed E-state index contributed by atoms with van der Waals surface area (Å²) < 4.78 is 19.3. The van der Waals surface area contributed by atoms with E-state index in [0.717, 1.165) is 5.56 Å². The van der Waals surface area contributed by atoms with E-state index in [1.807, 2.05) is 0 Å². The lowest BCUT2D eigenvalue weighted by atomic mass is 10.2. The molecule has 0 aliphatic heterocycles. The van der Waals surface area contributed by atoms with Crippen molar-refractivity contribution in [2.75, 3.05) is 0 Å². The zero-order valence-corrected chi connectivity index (χ0v) is 10.9. The number of hydrogen-bond donors (Lipinski definition) is 0. The standard InChI is InChI=1S/C12H11ClFN3O2/c1-8(18)15-12-11(6-13)17(16-19-12)7-9-2-4-10(14)5-3-9/h2-5H,6-7H2,1H3. The van der Waals surface area contributed by atoms with Crippen LogP contribution in [-0.2, 0) is 12.4 Å². The van der Waals surface area contributed by atoms with Gasteiger partial charge in [-0.05, 0) is 41.8 Å². The molecule has 100 valence electrons. The second kappa shape index (κ2) is 5.79. The highest BCUT2D eigenvalue weighted by molar-refractivity contribution is 6.17. The molecule has 0 aliphatic rings. The molecule has 0 amide bonds. The molecule has 0 bridgehead atoms. The van der Waals surface area contributed by atoms with Crippen molar-refractivity contribution in [1.82, 2.24) is 5.27 Å². The maximum atomic E-state index is 12.8. The molecular formula is C12H11ClFN3O2. The average Bonchev–Trinajstić information content (AvgIpc) is 2.73. The molecule has 0 N–H and O–H groups in total. The number of aromatic nitrogens is 2. The van der Waals surface area contributed by atoms with Crippen LogP contribution in [0.2, 0.25) is 0 Å². The zero-order chi connectivity index (χ0) is 13.8. The topological polar surface area (TPSA) is 65.3 Å². The second-order valence-electron chi connectivity index (χ2n) is 3.87. The first kappa shape index (κ1) is 13.5. The van der Waals surface area contributed by atoms with Gasteiger partial charge in [0.05, 0.1) is 0 Å². The van der Waals surface area contributed by atoms with Crippen LogP contribution in [-0.4, -0.2) is 11.2 Å². The first-order valence-corrected chi connectivity index (χ1v) is 6.05. The van der Waals surface area contributed by atoms with Gasteiger partial charge in [0, 0.05) is 5.56 Å². The van der Waals surface area contributed by atoms with Gasteiger partial charge in [-0.1, -0.05) is 0 Å². The van der Waals surface area contributed by atoms with E-state index >= 15 is 0 Å². The lowest BCUT2D eigenvalue weighted by Crippen LogP contribution is -2.39. The summed E-state index contributed by atoms with van der Waals surface area (Å²) in [4.78, 5) is 3.67. The maximum Gasteiger partial charge on any atom is 0.325 e. The molecule has 0 aliphatic carbocycles. The molecule has 0 saturated heterocycles. The fraction of sp³-hybridized carbons (Fsp3) is 0.250. The zero-order valence-electron chi connectivity index (χ0n) is 10.1. The number of benzene rings is 1. The van der Waals surface area contributed by atoms with Crippen molar-refractivity contribution in [3.05, 3.63) is 41.3 Å². The Hall–Kier alpha value is -1.95. The minimum atomic E-state index is -0.392. The average molecular weight is 284 g/mol.